The topological polar surface area (TPSA) is 44.5 Å². The van der Waals surface area contributed by atoms with Crippen LogP contribution in [-0.4, -0.2) is 19.8 Å². The Labute approximate surface area is 130 Å². The van der Waals surface area contributed by atoms with Crippen molar-refractivity contribution in [1.29, 1.82) is 0 Å². The zero-order chi connectivity index (χ0) is 13.8. The van der Waals surface area contributed by atoms with Gasteiger partial charge in [-0.25, -0.2) is 4.39 Å². The molecular weight excluding hydrogens is 304 g/mol. The van der Waals surface area contributed by atoms with Gasteiger partial charge in [-0.3, -0.25) is 0 Å². The predicted molar refractivity (Wildman–Crippen MR) is 80.3 cm³/mol. The molecule has 1 saturated heterocycles. The summed E-state index contributed by atoms with van der Waals surface area (Å²) >= 11 is 6.05. The molecule has 1 aromatic rings. The van der Waals surface area contributed by atoms with Gasteiger partial charge in [-0.1, -0.05) is 11.6 Å². The van der Waals surface area contributed by atoms with Crippen molar-refractivity contribution in [1.82, 2.24) is 0 Å². The second kappa shape index (κ2) is 8.03. The number of hydrogen-bond donors (Lipinski definition) is 1. The molecule has 0 amide bonds. The van der Waals surface area contributed by atoms with E-state index >= 15 is 0 Å². The Morgan fingerprint density at radius 2 is 2.10 bits per heavy atom. The van der Waals surface area contributed by atoms with Crippen LogP contribution in [0.5, 0.6) is 5.75 Å². The SMILES string of the molecule is CCOc1c(F)cc([C@H](N)C2CCOCC2)cc1Cl.Cl. The van der Waals surface area contributed by atoms with Crippen molar-refractivity contribution in [2.24, 2.45) is 11.7 Å². The molecule has 1 aliphatic heterocycles. The fourth-order valence-corrected chi connectivity index (χ4v) is 2.67. The van der Waals surface area contributed by atoms with E-state index in [1.807, 2.05) is 0 Å². The van der Waals surface area contributed by atoms with E-state index in [2.05, 4.69) is 0 Å². The van der Waals surface area contributed by atoms with Crippen molar-refractivity contribution in [3.63, 3.8) is 0 Å². The Morgan fingerprint density at radius 1 is 1.45 bits per heavy atom. The lowest BCUT2D eigenvalue weighted by Gasteiger charge is -2.28. The first-order chi connectivity index (χ1) is 9.13. The van der Waals surface area contributed by atoms with E-state index in [4.69, 9.17) is 26.8 Å². The van der Waals surface area contributed by atoms with E-state index in [1.165, 1.54) is 6.07 Å². The van der Waals surface area contributed by atoms with Gasteiger partial charge in [0.2, 0.25) is 0 Å². The first-order valence-electron chi connectivity index (χ1n) is 6.58. The highest BCUT2D eigenvalue weighted by atomic mass is 35.5. The molecule has 1 aliphatic rings. The Bertz CT molecular complexity index is 416. The molecule has 114 valence electrons. The van der Waals surface area contributed by atoms with Crippen LogP contribution in [0.15, 0.2) is 12.1 Å². The number of rotatable bonds is 4. The highest BCUT2D eigenvalue weighted by Crippen LogP contribution is 2.34. The third-order valence-electron chi connectivity index (χ3n) is 3.47. The average molecular weight is 324 g/mol. The van der Waals surface area contributed by atoms with Gasteiger partial charge in [-0.15, -0.1) is 12.4 Å². The van der Waals surface area contributed by atoms with Gasteiger partial charge in [-0.05, 0) is 43.4 Å². The number of benzene rings is 1. The summed E-state index contributed by atoms with van der Waals surface area (Å²) in [5.74, 6) is -0.0406. The van der Waals surface area contributed by atoms with E-state index < -0.39 is 5.82 Å². The zero-order valence-electron chi connectivity index (χ0n) is 11.4. The Balaban J connectivity index is 0.00000200. The van der Waals surface area contributed by atoms with Crippen LogP contribution in [0.3, 0.4) is 0 Å². The molecule has 0 unspecified atom stereocenters. The lowest BCUT2D eigenvalue weighted by molar-refractivity contribution is 0.0583. The van der Waals surface area contributed by atoms with Crippen LogP contribution < -0.4 is 10.5 Å². The zero-order valence-corrected chi connectivity index (χ0v) is 13.0. The maximum atomic E-state index is 13.9. The summed E-state index contributed by atoms with van der Waals surface area (Å²) in [5.41, 5.74) is 6.93. The normalized spacial score (nSPS) is 17.4. The van der Waals surface area contributed by atoms with Gasteiger partial charge in [-0.2, -0.15) is 0 Å². The number of hydrogen-bond acceptors (Lipinski definition) is 3. The molecule has 0 bridgehead atoms. The second-order valence-corrected chi connectivity index (χ2v) is 5.13. The minimum Gasteiger partial charge on any atom is -0.489 e. The summed E-state index contributed by atoms with van der Waals surface area (Å²) in [6.07, 6.45) is 1.79. The highest BCUT2D eigenvalue weighted by molar-refractivity contribution is 6.32. The van der Waals surface area contributed by atoms with Crippen molar-refractivity contribution in [3.8, 4) is 5.75 Å². The van der Waals surface area contributed by atoms with Crippen LogP contribution in [0.25, 0.3) is 0 Å². The molecule has 3 nitrogen and oxygen atoms in total. The number of halogens is 3. The third kappa shape index (κ3) is 3.98. The standard InChI is InChI=1S/C14H19ClFNO2.ClH/c1-2-19-14-11(15)7-10(8-12(14)16)13(17)9-3-5-18-6-4-9;/h7-9,13H,2-6,17H2,1H3;1H/t13-;/m1./s1. The summed E-state index contributed by atoms with van der Waals surface area (Å²) < 4.78 is 24.4. The third-order valence-corrected chi connectivity index (χ3v) is 3.75. The number of ether oxygens (including phenoxy) is 2. The van der Waals surface area contributed by atoms with Crippen molar-refractivity contribution in [3.05, 3.63) is 28.5 Å². The van der Waals surface area contributed by atoms with Gasteiger partial charge in [0.15, 0.2) is 11.6 Å². The Kier molecular flexibility index (Phi) is 7.03. The van der Waals surface area contributed by atoms with Gasteiger partial charge < -0.3 is 15.2 Å². The second-order valence-electron chi connectivity index (χ2n) is 4.72. The Hall–Kier alpha value is -0.550. The molecular formula is C14H20Cl2FNO2. The molecule has 2 rings (SSSR count). The Morgan fingerprint density at radius 3 is 2.65 bits per heavy atom. The predicted octanol–water partition coefficient (Wildman–Crippen LogP) is 3.73. The summed E-state index contributed by atoms with van der Waals surface area (Å²) in [6, 6.07) is 2.92. The summed E-state index contributed by atoms with van der Waals surface area (Å²) in [5, 5.41) is 0.277. The van der Waals surface area contributed by atoms with Crippen LogP contribution in [0.4, 0.5) is 4.39 Å². The van der Waals surface area contributed by atoms with Crippen LogP contribution >= 0.6 is 24.0 Å². The smallest absolute Gasteiger partial charge is 0.173 e. The van der Waals surface area contributed by atoms with Crippen LogP contribution in [0.2, 0.25) is 5.02 Å². The molecule has 1 aromatic carbocycles. The quantitative estimate of drug-likeness (QED) is 0.918. The van der Waals surface area contributed by atoms with E-state index in [1.54, 1.807) is 13.0 Å². The first kappa shape index (κ1) is 17.5. The van der Waals surface area contributed by atoms with Gasteiger partial charge in [0.25, 0.3) is 0 Å². The van der Waals surface area contributed by atoms with E-state index in [-0.39, 0.29) is 29.2 Å². The maximum Gasteiger partial charge on any atom is 0.173 e. The molecule has 0 saturated carbocycles. The maximum absolute atomic E-state index is 13.9. The van der Waals surface area contributed by atoms with E-state index in [0.717, 1.165) is 18.4 Å². The van der Waals surface area contributed by atoms with Crippen LogP contribution in [-0.2, 0) is 4.74 Å². The van der Waals surface area contributed by atoms with Crippen LogP contribution in [0.1, 0.15) is 31.4 Å². The molecule has 20 heavy (non-hydrogen) atoms. The molecule has 6 heteroatoms. The van der Waals surface area contributed by atoms with Gasteiger partial charge in [0.1, 0.15) is 0 Å². The van der Waals surface area contributed by atoms with Crippen molar-refractivity contribution in [2.45, 2.75) is 25.8 Å². The molecule has 0 radical (unpaired) electrons. The lowest BCUT2D eigenvalue weighted by atomic mass is 9.88. The fourth-order valence-electron chi connectivity index (χ4n) is 2.40. The molecule has 0 spiro atoms. The fraction of sp³-hybridized carbons (Fsp3) is 0.571. The van der Waals surface area contributed by atoms with E-state index in [0.29, 0.717) is 25.7 Å². The molecule has 0 aliphatic carbocycles. The molecule has 1 fully saturated rings. The van der Waals surface area contributed by atoms with Gasteiger partial charge >= 0.3 is 0 Å². The summed E-state index contributed by atoms with van der Waals surface area (Å²) in [6.45, 7) is 3.59. The molecule has 0 aromatic heterocycles. The van der Waals surface area contributed by atoms with Gasteiger partial charge in [0.05, 0.1) is 11.6 Å². The number of nitrogens with two attached hydrogens (primary N) is 1. The summed E-state index contributed by atoms with van der Waals surface area (Å²) in [7, 11) is 0. The first-order valence-corrected chi connectivity index (χ1v) is 6.96. The largest absolute Gasteiger partial charge is 0.489 e. The van der Waals surface area contributed by atoms with Gasteiger partial charge in [0, 0.05) is 19.3 Å². The highest BCUT2D eigenvalue weighted by Gasteiger charge is 2.24. The lowest BCUT2D eigenvalue weighted by Crippen LogP contribution is -2.27. The van der Waals surface area contributed by atoms with Crippen molar-refractivity contribution >= 4 is 24.0 Å². The van der Waals surface area contributed by atoms with Crippen LogP contribution in [0, 0.1) is 11.7 Å². The monoisotopic (exact) mass is 323 g/mol. The minimum absolute atomic E-state index is 0. The average Bonchev–Trinajstić information content (AvgIpc) is 2.43. The molecule has 1 atom stereocenters. The molecule has 2 N–H and O–H groups in total. The summed E-state index contributed by atoms with van der Waals surface area (Å²) in [4.78, 5) is 0. The molecule has 1 heterocycles. The van der Waals surface area contributed by atoms with Crippen molar-refractivity contribution < 1.29 is 13.9 Å². The minimum atomic E-state index is -0.452. The van der Waals surface area contributed by atoms with Crippen molar-refractivity contribution in [2.75, 3.05) is 19.8 Å². The van der Waals surface area contributed by atoms with E-state index in [9.17, 15) is 4.39 Å².